The molecule has 0 saturated heterocycles. The van der Waals surface area contributed by atoms with Crippen molar-refractivity contribution in [2.24, 2.45) is 5.41 Å². The van der Waals surface area contributed by atoms with Crippen molar-refractivity contribution in [3.05, 3.63) is 21.1 Å². The van der Waals surface area contributed by atoms with Crippen LogP contribution in [0.25, 0.3) is 0 Å². The Labute approximate surface area is 116 Å². The Kier molecular flexibility index (Phi) is 3.62. The molecule has 0 aliphatic heterocycles. The van der Waals surface area contributed by atoms with Gasteiger partial charge in [0, 0.05) is 6.04 Å². The predicted octanol–water partition coefficient (Wildman–Crippen LogP) is 3.34. The van der Waals surface area contributed by atoms with E-state index in [0.29, 0.717) is 0 Å². The molecule has 0 aromatic carbocycles. The summed E-state index contributed by atoms with van der Waals surface area (Å²) in [5.74, 6) is 0.227. The van der Waals surface area contributed by atoms with Gasteiger partial charge in [-0.25, -0.2) is 4.98 Å². The molecule has 1 aromatic heterocycles. The number of aryl methyl sites for hydroxylation is 1. The van der Waals surface area contributed by atoms with Crippen LogP contribution in [0, 0.1) is 22.5 Å². The molecule has 1 unspecified atom stereocenters. The van der Waals surface area contributed by atoms with Crippen LogP contribution < -0.4 is 5.32 Å². The van der Waals surface area contributed by atoms with Gasteiger partial charge < -0.3 is 5.32 Å². The Morgan fingerprint density at radius 1 is 1.47 bits per heavy atom. The van der Waals surface area contributed by atoms with Crippen LogP contribution in [0.4, 0.5) is 11.5 Å². The molecule has 0 radical (unpaired) electrons. The van der Waals surface area contributed by atoms with Crippen molar-refractivity contribution in [3.63, 3.8) is 0 Å². The van der Waals surface area contributed by atoms with Gasteiger partial charge in [0.25, 0.3) is 0 Å². The highest BCUT2D eigenvalue weighted by atomic mass is 35.5. The van der Waals surface area contributed by atoms with Crippen LogP contribution in [0.2, 0.25) is 5.28 Å². The van der Waals surface area contributed by atoms with Gasteiger partial charge in [-0.3, -0.25) is 10.1 Å². The number of halogens is 1. The van der Waals surface area contributed by atoms with Crippen molar-refractivity contribution in [1.82, 2.24) is 9.97 Å². The molecule has 7 heteroatoms. The lowest BCUT2D eigenvalue weighted by Crippen LogP contribution is -2.19. The predicted molar refractivity (Wildman–Crippen MR) is 73.5 cm³/mol. The van der Waals surface area contributed by atoms with E-state index in [9.17, 15) is 10.1 Å². The van der Waals surface area contributed by atoms with E-state index < -0.39 is 4.92 Å². The lowest BCUT2D eigenvalue weighted by Gasteiger charge is -2.18. The second kappa shape index (κ2) is 4.92. The zero-order chi connectivity index (χ0) is 14.2. The van der Waals surface area contributed by atoms with Gasteiger partial charge in [0.2, 0.25) is 11.1 Å². The van der Waals surface area contributed by atoms with E-state index in [0.717, 1.165) is 19.3 Å². The zero-order valence-electron chi connectivity index (χ0n) is 11.2. The summed E-state index contributed by atoms with van der Waals surface area (Å²) >= 11 is 5.78. The fourth-order valence-electron chi connectivity index (χ4n) is 2.60. The average Bonchev–Trinajstić information content (AvgIpc) is 2.56. The van der Waals surface area contributed by atoms with Crippen molar-refractivity contribution in [2.75, 3.05) is 5.32 Å². The third-order valence-corrected chi connectivity index (χ3v) is 3.69. The van der Waals surface area contributed by atoms with E-state index in [1.165, 1.54) is 0 Å². The molecule has 19 heavy (non-hydrogen) atoms. The maximum absolute atomic E-state index is 11.1. The van der Waals surface area contributed by atoms with E-state index in [2.05, 4.69) is 29.1 Å². The first kappa shape index (κ1) is 14.0. The number of aromatic nitrogens is 2. The van der Waals surface area contributed by atoms with Crippen molar-refractivity contribution < 1.29 is 4.92 Å². The van der Waals surface area contributed by atoms with E-state index in [4.69, 9.17) is 11.6 Å². The molecule has 1 N–H and O–H groups in total. The average molecular weight is 285 g/mol. The summed E-state index contributed by atoms with van der Waals surface area (Å²) in [5.41, 5.74) is 0.456. The van der Waals surface area contributed by atoms with E-state index >= 15 is 0 Å². The van der Waals surface area contributed by atoms with Gasteiger partial charge in [-0.05, 0) is 43.2 Å². The fraction of sp³-hybridized carbons (Fsp3) is 0.667. The Bertz CT molecular complexity index is 519. The Morgan fingerprint density at radius 3 is 2.68 bits per heavy atom. The van der Waals surface area contributed by atoms with Crippen molar-refractivity contribution in [1.29, 1.82) is 0 Å². The van der Waals surface area contributed by atoms with Crippen molar-refractivity contribution >= 4 is 23.1 Å². The minimum absolute atomic E-state index is 0.0304. The number of anilines is 1. The zero-order valence-corrected chi connectivity index (χ0v) is 12.0. The first-order valence-electron chi connectivity index (χ1n) is 6.23. The summed E-state index contributed by atoms with van der Waals surface area (Å²) in [7, 11) is 0. The maximum atomic E-state index is 11.1. The van der Waals surface area contributed by atoms with Crippen molar-refractivity contribution in [2.45, 2.75) is 46.1 Å². The molecular formula is C12H17ClN4O2. The SMILES string of the molecule is Cc1nc(Cl)nc(NC2CCC(C)(C)C2)c1[N+](=O)[O-]. The fourth-order valence-corrected chi connectivity index (χ4v) is 2.82. The van der Waals surface area contributed by atoms with Crippen LogP contribution in [-0.4, -0.2) is 20.9 Å². The summed E-state index contributed by atoms with van der Waals surface area (Å²) in [6, 6.07) is 0.194. The maximum Gasteiger partial charge on any atom is 0.332 e. The molecule has 104 valence electrons. The van der Waals surface area contributed by atoms with Crippen LogP contribution in [-0.2, 0) is 0 Å². The molecule has 1 saturated carbocycles. The highest BCUT2D eigenvalue weighted by Gasteiger charge is 2.33. The molecule has 1 aromatic rings. The lowest BCUT2D eigenvalue weighted by atomic mass is 9.92. The molecule has 2 rings (SSSR count). The van der Waals surface area contributed by atoms with Crippen LogP contribution in [0.5, 0.6) is 0 Å². The Balaban J connectivity index is 2.27. The summed E-state index contributed by atoms with van der Waals surface area (Å²) in [4.78, 5) is 18.4. The number of rotatable bonds is 3. The molecule has 1 aliphatic carbocycles. The lowest BCUT2D eigenvalue weighted by molar-refractivity contribution is -0.385. The highest BCUT2D eigenvalue weighted by molar-refractivity contribution is 6.28. The van der Waals surface area contributed by atoms with Crippen LogP contribution >= 0.6 is 11.6 Å². The second-order valence-corrected chi connectivity index (χ2v) is 6.12. The summed E-state index contributed by atoms with van der Waals surface area (Å²) < 4.78 is 0. The second-order valence-electron chi connectivity index (χ2n) is 5.78. The van der Waals surface area contributed by atoms with Gasteiger partial charge in [-0.1, -0.05) is 13.8 Å². The summed E-state index contributed by atoms with van der Waals surface area (Å²) in [6.07, 6.45) is 3.03. The van der Waals surface area contributed by atoms with Crippen LogP contribution in [0.15, 0.2) is 0 Å². The molecule has 1 atom stereocenters. The number of nitro groups is 1. The van der Waals surface area contributed by atoms with Crippen molar-refractivity contribution in [3.8, 4) is 0 Å². The molecule has 0 amide bonds. The van der Waals surface area contributed by atoms with E-state index in [1.54, 1.807) is 6.92 Å². The van der Waals surface area contributed by atoms with E-state index in [-0.39, 0.29) is 33.9 Å². The van der Waals surface area contributed by atoms with Gasteiger partial charge in [0.05, 0.1) is 4.92 Å². The van der Waals surface area contributed by atoms with Gasteiger partial charge >= 0.3 is 5.69 Å². The topological polar surface area (TPSA) is 81.0 Å². The first-order chi connectivity index (χ1) is 8.78. The Morgan fingerprint density at radius 2 is 2.16 bits per heavy atom. The first-order valence-corrected chi connectivity index (χ1v) is 6.61. The quantitative estimate of drug-likeness (QED) is 0.523. The monoisotopic (exact) mass is 284 g/mol. The standard InChI is InChI=1S/C12H17ClN4O2/c1-7-9(17(18)19)10(16-11(13)14-7)15-8-4-5-12(2,3)6-8/h8H,4-6H2,1-3H3,(H,14,15,16). The third-order valence-electron chi connectivity index (χ3n) is 3.52. The molecule has 1 aliphatic rings. The highest BCUT2D eigenvalue weighted by Crippen LogP contribution is 2.39. The Hall–Kier alpha value is -1.43. The van der Waals surface area contributed by atoms with Gasteiger partial charge in [0.1, 0.15) is 5.69 Å². The number of hydrogen-bond acceptors (Lipinski definition) is 5. The molecule has 1 heterocycles. The number of nitrogens with zero attached hydrogens (tertiary/aromatic N) is 3. The smallest absolute Gasteiger partial charge is 0.332 e. The molecule has 0 spiro atoms. The summed E-state index contributed by atoms with van der Waals surface area (Å²) in [6.45, 7) is 5.96. The number of nitrogens with one attached hydrogen (secondary N) is 1. The summed E-state index contributed by atoms with van der Waals surface area (Å²) in [5, 5.41) is 14.3. The third kappa shape index (κ3) is 3.12. The normalized spacial score (nSPS) is 21.4. The van der Waals surface area contributed by atoms with Crippen LogP contribution in [0.1, 0.15) is 38.8 Å². The largest absolute Gasteiger partial charge is 0.361 e. The van der Waals surface area contributed by atoms with E-state index in [1.807, 2.05) is 0 Å². The minimum Gasteiger partial charge on any atom is -0.361 e. The molecule has 0 bridgehead atoms. The van der Waals surface area contributed by atoms with Gasteiger partial charge in [-0.15, -0.1) is 0 Å². The minimum atomic E-state index is -0.464. The van der Waals surface area contributed by atoms with Gasteiger partial charge in [0.15, 0.2) is 0 Å². The number of hydrogen-bond donors (Lipinski definition) is 1. The van der Waals surface area contributed by atoms with Gasteiger partial charge in [-0.2, -0.15) is 4.98 Å². The molecule has 1 fully saturated rings. The molecular weight excluding hydrogens is 268 g/mol. The molecule has 6 nitrogen and oxygen atoms in total. The van der Waals surface area contributed by atoms with Crippen LogP contribution in [0.3, 0.4) is 0 Å².